The van der Waals surface area contributed by atoms with Crippen molar-refractivity contribution in [3.63, 3.8) is 0 Å². The van der Waals surface area contributed by atoms with Crippen molar-refractivity contribution in [2.45, 2.75) is 30.8 Å². The van der Waals surface area contributed by atoms with Gasteiger partial charge in [0.25, 0.3) is 0 Å². The first-order chi connectivity index (χ1) is 17.2. The van der Waals surface area contributed by atoms with E-state index in [0.717, 1.165) is 0 Å². The fourth-order valence-corrected chi connectivity index (χ4v) is 5.39. The summed E-state index contributed by atoms with van der Waals surface area (Å²) in [6.07, 6.45) is 4.52. The second kappa shape index (κ2) is 10.2. The van der Waals surface area contributed by atoms with Gasteiger partial charge in [0.2, 0.25) is 11.8 Å². The van der Waals surface area contributed by atoms with Gasteiger partial charge in [-0.2, -0.15) is 15.1 Å². The highest BCUT2D eigenvalue weighted by molar-refractivity contribution is 7.91. The van der Waals surface area contributed by atoms with Crippen LogP contribution in [0.15, 0.2) is 36.9 Å². The summed E-state index contributed by atoms with van der Waals surface area (Å²) in [5.41, 5.74) is 1.35. The SMILES string of the molecule is COc1ncnc(OC)c1-n1c(CS(=O)(=O)[C@@H](C)[C@H](C)c2ccc(Cl)cn2)nnc1-c1ccn(C)n1. The maximum Gasteiger partial charge on any atom is 0.245 e. The average Bonchev–Trinajstić information content (AvgIpc) is 3.48. The van der Waals surface area contributed by atoms with E-state index in [4.69, 9.17) is 21.1 Å². The topological polar surface area (TPSA) is 140 Å². The zero-order valence-electron chi connectivity index (χ0n) is 20.3. The van der Waals surface area contributed by atoms with E-state index in [-0.39, 0.29) is 29.1 Å². The van der Waals surface area contributed by atoms with E-state index >= 15 is 0 Å². The molecular formula is C22H25ClN8O4S. The van der Waals surface area contributed by atoms with Crippen LogP contribution in [-0.4, -0.2) is 67.4 Å². The molecule has 0 N–H and O–H groups in total. The molecule has 0 saturated carbocycles. The Bertz CT molecular complexity index is 1450. The van der Waals surface area contributed by atoms with Crippen molar-refractivity contribution in [3.8, 4) is 29.0 Å². The van der Waals surface area contributed by atoms with Gasteiger partial charge >= 0.3 is 0 Å². The minimum absolute atomic E-state index is 0.130. The highest BCUT2D eigenvalue weighted by Gasteiger charge is 2.33. The molecule has 0 bridgehead atoms. The number of halogens is 1. The standard InChI is InChI=1S/C22H25ClN8O4S/c1-13(16-7-6-15(23)10-24-16)14(2)36(32,33)11-18-27-28-20(17-8-9-30(3)29-17)31(18)19-21(34-4)25-12-26-22(19)35-5/h6-10,12-14H,11H2,1-5H3/t13-,14-/m0/s1. The number of hydrogen-bond donors (Lipinski definition) is 0. The van der Waals surface area contributed by atoms with Crippen molar-refractivity contribution in [2.75, 3.05) is 14.2 Å². The lowest BCUT2D eigenvalue weighted by atomic mass is 10.0. The molecule has 0 aromatic carbocycles. The largest absolute Gasteiger partial charge is 0.479 e. The zero-order chi connectivity index (χ0) is 26.0. The first-order valence-electron chi connectivity index (χ1n) is 10.9. The Kier molecular flexibility index (Phi) is 7.22. The van der Waals surface area contributed by atoms with E-state index in [1.165, 1.54) is 31.3 Å². The van der Waals surface area contributed by atoms with Crippen LogP contribution >= 0.6 is 11.6 Å². The molecule has 0 aliphatic heterocycles. The molecule has 2 atom stereocenters. The highest BCUT2D eigenvalue weighted by atomic mass is 35.5. The number of aromatic nitrogens is 8. The number of pyridine rings is 1. The molecule has 4 aromatic heterocycles. The number of sulfone groups is 1. The van der Waals surface area contributed by atoms with Crippen LogP contribution in [0.5, 0.6) is 11.8 Å². The molecule has 4 heterocycles. The van der Waals surface area contributed by atoms with Gasteiger partial charge < -0.3 is 9.47 Å². The number of nitrogens with zero attached hydrogens (tertiary/aromatic N) is 8. The molecule has 14 heteroatoms. The molecule has 0 fully saturated rings. The summed E-state index contributed by atoms with van der Waals surface area (Å²) in [7, 11) is 0.891. The van der Waals surface area contributed by atoms with E-state index in [9.17, 15) is 8.42 Å². The summed E-state index contributed by atoms with van der Waals surface area (Å²) in [4.78, 5) is 12.6. The molecule has 0 unspecified atom stereocenters. The minimum atomic E-state index is -3.75. The van der Waals surface area contributed by atoms with Crippen molar-refractivity contribution < 1.29 is 17.9 Å². The van der Waals surface area contributed by atoms with Gasteiger partial charge in [0, 0.05) is 31.1 Å². The fraction of sp³-hybridized carbons (Fsp3) is 0.364. The van der Waals surface area contributed by atoms with E-state index in [1.807, 2.05) is 0 Å². The molecule has 12 nitrogen and oxygen atoms in total. The maximum absolute atomic E-state index is 13.6. The van der Waals surface area contributed by atoms with Gasteiger partial charge in [-0.3, -0.25) is 14.2 Å². The van der Waals surface area contributed by atoms with E-state index < -0.39 is 26.8 Å². The molecule has 0 radical (unpaired) electrons. The van der Waals surface area contributed by atoms with Crippen LogP contribution in [0.2, 0.25) is 5.02 Å². The van der Waals surface area contributed by atoms with Crippen molar-refractivity contribution in [2.24, 2.45) is 7.05 Å². The van der Waals surface area contributed by atoms with Crippen molar-refractivity contribution in [1.29, 1.82) is 0 Å². The minimum Gasteiger partial charge on any atom is -0.479 e. The molecule has 0 saturated heterocycles. The van der Waals surface area contributed by atoms with Gasteiger partial charge in [-0.15, -0.1) is 10.2 Å². The molecule has 4 rings (SSSR count). The van der Waals surface area contributed by atoms with Crippen LogP contribution in [0.3, 0.4) is 0 Å². The molecule has 36 heavy (non-hydrogen) atoms. The molecule has 0 aliphatic rings. The molecule has 190 valence electrons. The van der Waals surface area contributed by atoms with Gasteiger partial charge in [-0.05, 0) is 25.1 Å². The molecule has 0 aliphatic carbocycles. The Hall–Kier alpha value is -3.58. The lowest BCUT2D eigenvalue weighted by Crippen LogP contribution is -2.27. The Morgan fingerprint density at radius 1 is 1.03 bits per heavy atom. The predicted octanol–water partition coefficient (Wildman–Crippen LogP) is 2.63. The lowest BCUT2D eigenvalue weighted by molar-refractivity contribution is 0.368. The van der Waals surface area contributed by atoms with Crippen LogP contribution < -0.4 is 9.47 Å². The monoisotopic (exact) mass is 532 g/mol. The van der Waals surface area contributed by atoms with Crippen molar-refractivity contribution in [1.82, 2.24) is 39.5 Å². The van der Waals surface area contributed by atoms with E-state index in [2.05, 4.69) is 30.2 Å². The van der Waals surface area contributed by atoms with Crippen LogP contribution in [0, 0.1) is 0 Å². The summed E-state index contributed by atoms with van der Waals surface area (Å²) in [6.45, 7) is 3.45. The summed E-state index contributed by atoms with van der Waals surface area (Å²) in [5.74, 6) is -0.0957. The fourth-order valence-electron chi connectivity index (χ4n) is 3.70. The average molecular weight is 533 g/mol. The summed E-state index contributed by atoms with van der Waals surface area (Å²) >= 11 is 5.94. The summed E-state index contributed by atoms with van der Waals surface area (Å²) in [6, 6.07) is 5.14. The normalized spacial score (nSPS) is 13.4. The summed E-state index contributed by atoms with van der Waals surface area (Å²) < 4.78 is 41.2. The van der Waals surface area contributed by atoms with Crippen LogP contribution in [-0.2, 0) is 22.6 Å². The third kappa shape index (κ3) is 4.88. The predicted molar refractivity (Wildman–Crippen MR) is 132 cm³/mol. The second-order valence-corrected chi connectivity index (χ2v) is 10.9. The van der Waals surface area contributed by atoms with E-state index in [0.29, 0.717) is 16.4 Å². The van der Waals surface area contributed by atoms with Crippen molar-refractivity contribution in [3.05, 3.63) is 53.5 Å². The highest BCUT2D eigenvalue weighted by Crippen LogP contribution is 2.34. The smallest absolute Gasteiger partial charge is 0.245 e. The van der Waals surface area contributed by atoms with Gasteiger partial charge in [0.1, 0.15) is 17.8 Å². The number of methoxy groups -OCH3 is 2. The third-order valence-corrected chi connectivity index (χ3v) is 8.28. The quantitative estimate of drug-likeness (QED) is 0.316. The molecular weight excluding hydrogens is 508 g/mol. The first-order valence-corrected chi connectivity index (χ1v) is 13.0. The van der Waals surface area contributed by atoms with Gasteiger partial charge in [0.15, 0.2) is 27.2 Å². The molecule has 0 amide bonds. The van der Waals surface area contributed by atoms with Crippen LogP contribution in [0.4, 0.5) is 0 Å². The summed E-state index contributed by atoms with van der Waals surface area (Å²) in [5, 5.41) is 12.6. The third-order valence-electron chi connectivity index (χ3n) is 5.86. The Labute approximate surface area is 213 Å². The van der Waals surface area contributed by atoms with E-state index in [1.54, 1.807) is 50.0 Å². The Balaban J connectivity index is 1.81. The van der Waals surface area contributed by atoms with Gasteiger partial charge in [0.05, 0.1) is 24.5 Å². The van der Waals surface area contributed by atoms with Gasteiger partial charge in [-0.1, -0.05) is 18.5 Å². The molecule has 4 aromatic rings. The van der Waals surface area contributed by atoms with Gasteiger partial charge in [-0.25, -0.2) is 8.42 Å². The Morgan fingerprint density at radius 3 is 2.28 bits per heavy atom. The first kappa shape index (κ1) is 25.5. The second-order valence-electron chi connectivity index (χ2n) is 8.09. The number of rotatable bonds is 9. The number of aryl methyl sites for hydroxylation is 1. The van der Waals surface area contributed by atoms with Crippen LogP contribution in [0.25, 0.3) is 17.2 Å². The zero-order valence-corrected chi connectivity index (χ0v) is 21.9. The lowest BCUT2D eigenvalue weighted by Gasteiger charge is -2.20. The number of ether oxygens (including phenoxy) is 2. The maximum atomic E-state index is 13.6. The molecule has 0 spiro atoms. The van der Waals surface area contributed by atoms with Crippen molar-refractivity contribution >= 4 is 21.4 Å². The Morgan fingerprint density at radius 2 is 1.72 bits per heavy atom. The van der Waals surface area contributed by atoms with Crippen LogP contribution in [0.1, 0.15) is 31.3 Å². The number of hydrogen-bond acceptors (Lipinski definition) is 10.